The Morgan fingerprint density at radius 2 is 2.04 bits per heavy atom. The van der Waals surface area contributed by atoms with Gasteiger partial charge in [-0.25, -0.2) is 15.0 Å². The second-order valence-corrected chi connectivity index (χ2v) is 7.81. The molecule has 0 aromatic carbocycles. The molecule has 2 aromatic rings. The lowest BCUT2D eigenvalue weighted by molar-refractivity contribution is -0.162. The van der Waals surface area contributed by atoms with Crippen LogP contribution in [0.3, 0.4) is 0 Å². The molecule has 138 valence electrons. The van der Waals surface area contributed by atoms with Crippen LogP contribution in [0.1, 0.15) is 26.5 Å². The van der Waals surface area contributed by atoms with Crippen molar-refractivity contribution in [2.75, 3.05) is 32.2 Å². The fraction of sp³-hybridized carbons (Fsp3) is 0.643. The Morgan fingerprint density at radius 1 is 1.32 bits per heavy atom. The molecule has 0 radical (unpaired) electrons. The Balaban J connectivity index is 1.78. The molecule has 25 heavy (non-hydrogen) atoms. The van der Waals surface area contributed by atoms with Gasteiger partial charge < -0.3 is 14.8 Å². The Hall–Kier alpha value is -1.58. The van der Waals surface area contributed by atoms with Crippen molar-refractivity contribution in [3.8, 4) is 0 Å². The van der Waals surface area contributed by atoms with E-state index in [1.54, 1.807) is 36.9 Å². The average molecular weight is 370 g/mol. The molecular weight excluding hydrogens is 347 g/mol. The molecule has 0 amide bonds. The van der Waals surface area contributed by atoms with Crippen LogP contribution in [0.5, 0.6) is 0 Å². The smallest absolute Gasteiger partial charge is 0.332 e. The quantitative estimate of drug-likeness (QED) is 0.728. The molecule has 1 fully saturated rings. The normalized spacial score (nSPS) is 22.0. The van der Waals surface area contributed by atoms with E-state index in [4.69, 9.17) is 19.6 Å². The Morgan fingerprint density at radius 3 is 2.72 bits per heavy atom. The number of nitrogens with two attached hydrogens (primary N) is 1. The molecule has 0 spiro atoms. The Kier molecular flexibility index (Phi) is 5.35. The second-order valence-electron chi connectivity index (χ2n) is 5.71. The van der Waals surface area contributed by atoms with E-state index in [1.807, 2.05) is 0 Å². The first-order valence-corrected chi connectivity index (χ1v) is 9.91. The molecule has 0 unspecified atom stereocenters. The third-order valence-corrected chi connectivity index (χ3v) is 6.23. The van der Waals surface area contributed by atoms with Gasteiger partial charge in [0.2, 0.25) is 0 Å². The zero-order valence-corrected chi connectivity index (χ0v) is 15.4. The van der Waals surface area contributed by atoms with Gasteiger partial charge in [-0.05, 0) is 13.8 Å². The summed E-state index contributed by atoms with van der Waals surface area (Å²) in [6.45, 7) is 4.26. The van der Waals surface area contributed by atoms with Gasteiger partial charge in [-0.1, -0.05) is 0 Å². The van der Waals surface area contributed by atoms with Crippen molar-refractivity contribution in [1.82, 2.24) is 24.6 Å². The molecule has 11 heteroatoms. The Labute approximate surface area is 145 Å². The van der Waals surface area contributed by atoms with Gasteiger partial charge in [0, 0.05) is 13.5 Å². The summed E-state index contributed by atoms with van der Waals surface area (Å²) in [4.78, 5) is 18.3. The van der Waals surface area contributed by atoms with Gasteiger partial charge in [-0.3, -0.25) is 14.0 Å². The predicted molar refractivity (Wildman–Crippen MR) is 91.8 cm³/mol. The van der Waals surface area contributed by atoms with E-state index in [9.17, 15) is 4.57 Å². The summed E-state index contributed by atoms with van der Waals surface area (Å²) in [6.07, 6.45) is 3.54. The van der Waals surface area contributed by atoms with Crippen LogP contribution in [0.15, 0.2) is 12.7 Å². The lowest BCUT2D eigenvalue weighted by Crippen LogP contribution is -2.28. The van der Waals surface area contributed by atoms with Gasteiger partial charge >= 0.3 is 7.60 Å². The molecule has 1 aliphatic heterocycles. The van der Waals surface area contributed by atoms with Gasteiger partial charge in [0.1, 0.15) is 11.8 Å². The largest absolute Gasteiger partial charge is 0.382 e. The highest BCUT2D eigenvalue weighted by atomic mass is 31.2. The number of hydroxylamine groups is 2. The van der Waals surface area contributed by atoms with Crippen LogP contribution in [-0.4, -0.2) is 57.0 Å². The zero-order chi connectivity index (χ0) is 18.0. The fourth-order valence-corrected chi connectivity index (χ4v) is 4.90. The van der Waals surface area contributed by atoms with E-state index in [-0.39, 0.29) is 18.4 Å². The van der Waals surface area contributed by atoms with Gasteiger partial charge in [0.15, 0.2) is 17.7 Å². The molecule has 10 nitrogen and oxygen atoms in total. The molecule has 1 saturated heterocycles. The molecule has 3 rings (SSSR count). The SMILES string of the molecule is CCOP(=O)(C[C@H]1C[C@@H](n2cnc3c(N)ncnc32)ON1C)OCC. The molecule has 1 aliphatic rings. The molecule has 0 saturated carbocycles. The number of aromatic nitrogens is 4. The van der Waals surface area contributed by atoms with Crippen LogP contribution in [0, 0.1) is 0 Å². The highest BCUT2D eigenvalue weighted by Crippen LogP contribution is 2.50. The van der Waals surface area contributed by atoms with Crippen molar-refractivity contribution >= 4 is 24.6 Å². The predicted octanol–water partition coefficient (Wildman–Crippen LogP) is 1.81. The van der Waals surface area contributed by atoms with E-state index in [0.29, 0.717) is 36.6 Å². The molecule has 2 N–H and O–H groups in total. The number of nitrogen functional groups attached to an aromatic ring is 1. The van der Waals surface area contributed by atoms with Crippen molar-refractivity contribution < 1.29 is 18.5 Å². The van der Waals surface area contributed by atoms with Gasteiger partial charge in [0.25, 0.3) is 0 Å². The third-order valence-electron chi connectivity index (χ3n) is 4.06. The van der Waals surface area contributed by atoms with E-state index in [2.05, 4.69) is 15.0 Å². The number of nitrogens with zero attached hydrogens (tertiary/aromatic N) is 5. The first kappa shape index (κ1) is 18.2. The summed E-state index contributed by atoms with van der Waals surface area (Å²) in [6, 6.07) is -0.120. The van der Waals surface area contributed by atoms with Crippen LogP contribution < -0.4 is 5.73 Å². The summed E-state index contributed by atoms with van der Waals surface area (Å²) in [5.41, 5.74) is 6.96. The first-order valence-electron chi connectivity index (χ1n) is 8.18. The minimum atomic E-state index is -3.16. The summed E-state index contributed by atoms with van der Waals surface area (Å²) < 4.78 is 25.4. The molecule has 0 bridgehead atoms. The van der Waals surface area contributed by atoms with Crippen LogP contribution >= 0.6 is 7.60 Å². The minimum absolute atomic E-state index is 0.120. The van der Waals surface area contributed by atoms with Gasteiger partial charge in [0.05, 0.1) is 31.7 Å². The molecular formula is C14H23N6O4P. The molecule has 2 aromatic heterocycles. The van der Waals surface area contributed by atoms with E-state index in [0.717, 1.165) is 0 Å². The molecule has 2 atom stereocenters. The highest BCUT2D eigenvalue weighted by molar-refractivity contribution is 7.53. The van der Waals surface area contributed by atoms with Crippen molar-refractivity contribution in [2.45, 2.75) is 32.5 Å². The maximum absolute atomic E-state index is 12.8. The lowest BCUT2D eigenvalue weighted by atomic mass is 10.2. The minimum Gasteiger partial charge on any atom is -0.382 e. The van der Waals surface area contributed by atoms with Crippen molar-refractivity contribution in [2.24, 2.45) is 0 Å². The molecule has 3 heterocycles. The van der Waals surface area contributed by atoms with Crippen LogP contribution in [-0.2, 0) is 18.5 Å². The standard InChI is InChI=1S/C14H23N6O4P/c1-4-22-25(21,23-5-2)7-10-6-11(24-19(10)3)20-9-18-12-13(15)16-8-17-14(12)20/h8-11H,4-7H2,1-3H3,(H2,15,16,17)/t10-,11+/m1/s1. The number of anilines is 1. The topological polar surface area (TPSA) is 118 Å². The van der Waals surface area contributed by atoms with Crippen molar-refractivity contribution in [1.29, 1.82) is 0 Å². The van der Waals surface area contributed by atoms with Gasteiger partial charge in [-0.15, -0.1) is 0 Å². The monoisotopic (exact) mass is 370 g/mol. The zero-order valence-electron chi connectivity index (χ0n) is 14.5. The number of hydrogen-bond donors (Lipinski definition) is 1. The third kappa shape index (κ3) is 3.68. The van der Waals surface area contributed by atoms with Crippen molar-refractivity contribution in [3.63, 3.8) is 0 Å². The number of imidazole rings is 1. The highest BCUT2D eigenvalue weighted by Gasteiger charge is 2.39. The van der Waals surface area contributed by atoms with Crippen molar-refractivity contribution in [3.05, 3.63) is 12.7 Å². The van der Waals surface area contributed by atoms with E-state index in [1.165, 1.54) is 6.33 Å². The van der Waals surface area contributed by atoms with Crippen LogP contribution in [0.2, 0.25) is 0 Å². The maximum atomic E-state index is 12.8. The first-order chi connectivity index (χ1) is 12.0. The van der Waals surface area contributed by atoms with E-state index < -0.39 is 7.60 Å². The molecule has 0 aliphatic carbocycles. The number of hydrogen-bond acceptors (Lipinski definition) is 9. The number of rotatable bonds is 7. The summed E-state index contributed by atoms with van der Waals surface area (Å²) in [7, 11) is -1.36. The average Bonchev–Trinajstić information content (AvgIpc) is 3.13. The Bertz CT molecular complexity index is 774. The number of fused-ring (bicyclic) bond motifs is 1. The van der Waals surface area contributed by atoms with Crippen LogP contribution in [0.25, 0.3) is 11.2 Å². The lowest BCUT2D eigenvalue weighted by Gasteiger charge is -2.22. The van der Waals surface area contributed by atoms with Gasteiger partial charge in [-0.2, -0.15) is 5.06 Å². The maximum Gasteiger partial charge on any atom is 0.332 e. The summed E-state index contributed by atoms with van der Waals surface area (Å²) in [5, 5.41) is 1.69. The summed E-state index contributed by atoms with van der Waals surface area (Å²) >= 11 is 0. The fourth-order valence-electron chi connectivity index (χ4n) is 2.93. The summed E-state index contributed by atoms with van der Waals surface area (Å²) in [5.74, 6) is 0.323. The van der Waals surface area contributed by atoms with E-state index >= 15 is 0 Å². The second kappa shape index (κ2) is 7.35. The van der Waals surface area contributed by atoms with Crippen LogP contribution in [0.4, 0.5) is 5.82 Å².